The van der Waals surface area contributed by atoms with Gasteiger partial charge in [-0.25, -0.2) is 4.98 Å². The first-order valence-corrected chi connectivity index (χ1v) is 7.02. The van der Waals surface area contributed by atoms with Crippen molar-refractivity contribution in [2.24, 2.45) is 5.41 Å². The van der Waals surface area contributed by atoms with Crippen LogP contribution in [0.5, 0.6) is 0 Å². The molecular formula is C13H18BrN3O4. The van der Waals surface area contributed by atoms with Gasteiger partial charge >= 0.3 is 5.97 Å². The van der Waals surface area contributed by atoms with Crippen molar-refractivity contribution in [3.8, 4) is 0 Å². The predicted molar refractivity (Wildman–Crippen MR) is 82.4 cm³/mol. The topological polar surface area (TPSA) is 105 Å². The molecule has 0 radical (unpaired) electrons. The van der Waals surface area contributed by atoms with Crippen molar-refractivity contribution in [1.82, 2.24) is 4.98 Å². The standard InChI is InChI=1S/C13H18BrN3O4/c1-7-8(17(20)21)6-15-10(9(7)14)16-13(4,5)12(2,3)11(18)19/h6H,1-5H3,(H,15,16)(H,18,19). The fourth-order valence-electron chi connectivity index (χ4n) is 1.56. The molecule has 7 nitrogen and oxygen atoms in total. The maximum Gasteiger partial charge on any atom is 0.311 e. The van der Waals surface area contributed by atoms with Crippen LogP contribution in [0, 0.1) is 22.5 Å². The molecule has 1 aromatic heterocycles. The zero-order chi connectivity index (χ0) is 16.6. The first-order valence-electron chi connectivity index (χ1n) is 6.23. The molecule has 0 saturated carbocycles. The van der Waals surface area contributed by atoms with Crippen molar-refractivity contribution in [3.63, 3.8) is 0 Å². The van der Waals surface area contributed by atoms with E-state index >= 15 is 0 Å². The van der Waals surface area contributed by atoms with Crippen LogP contribution in [0.1, 0.15) is 33.3 Å². The molecular weight excluding hydrogens is 342 g/mol. The molecule has 0 aliphatic rings. The summed E-state index contributed by atoms with van der Waals surface area (Å²) in [5.74, 6) is -0.577. The molecule has 0 saturated heterocycles. The lowest BCUT2D eigenvalue weighted by molar-refractivity contribution is -0.385. The van der Waals surface area contributed by atoms with Crippen LogP contribution in [-0.2, 0) is 4.79 Å². The third-order valence-corrected chi connectivity index (χ3v) is 4.93. The summed E-state index contributed by atoms with van der Waals surface area (Å²) < 4.78 is 0.450. The van der Waals surface area contributed by atoms with E-state index in [0.29, 0.717) is 15.9 Å². The minimum atomic E-state index is -1.07. The van der Waals surface area contributed by atoms with Crippen LogP contribution in [-0.4, -0.2) is 26.5 Å². The van der Waals surface area contributed by atoms with Crippen molar-refractivity contribution in [1.29, 1.82) is 0 Å². The Kier molecular flexibility index (Phi) is 4.62. The van der Waals surface area contributed by atoms with Gasteiger partial charge in [-0.15, -0.1) is 0 Å². The van der Waals surface area contributed by atoms with Gasteiger partial charge in [-0.2, -0.15) is 0 Å². The quantitative estimate of drug-likeness (QED) is 0.616. The predicted octanol–water partition coefficient (Wildman–Crippen LogP) is 3.36. The van der Waals surface area contributed by atoms with E-state index in [4.69, 9.17) is 0 Å². The average Bonchev–Trinajstić information content (AvgIpc) is 2.34. The molecule has 0 atom stereocenters. The van der Waals surface area contributed by atoms with Gasteiger partial charge in [0, 0.05) is 11.1 Å². The third kappa shape index (κ3) is 3.15. The fourth-order valence-corrected chi connectivity index (χ4v) is 1.96. The molecule has 0 unspecified atom stereocenters. The van der Waals surface area contributed by atoms with Gasteiger partial charge in [0.25, 0.3) is 5.69 Å². The van der Waals surface area contributed by atoms with Crippen LogP contribution in [0.2, 0.25) is 0 Å². The summed E-state index contributed by atoms with van der Waals surface area (Å²) in [6.45, 7) is 8.30. The number of hydrogen-bond donors (Lipinski definition) is 2. The monoisotopic (exact) mass is 359 g/mol. The summed E-state index contributed by atoms with van der Waals surface area (Å²) in [6, 6.07) is 0. The molecule has 8 heteroatoms. The van der Waals surface area contributed by atoms with Crippen LogP contribution < -0.4 is 5.32 Å². The van der Waals surface area contributed by atoms with Gasteiger partial charge in [-0.05, 0) is 50.5 Å². The molecule has 0 aliphatic heterocycles. The van der Waals surface area contributed by atoms with Gasteiger partial charge in [-0.3, -0.25) is 14.9 Å². The summed E-state index contributed by atoms with van der Waals surface area (Å²) in [6.07, 6.45) is 1.16. The molecule has 1 rings (SSSR count). The molecule has 0 fully saturated rings. The second-order valence-electron chi connectivity index (χ2n) is 5.87. The lowest BCUT2D eigenvalue weighted by atomic mass is 9.74. The number of nitro groups is 1. The number of pyridine rings is 1. The third-order valence-electron chi connectivity index (χ3n) is 3.96. The van der Waals surface area contributed by atoms with Crippen LogP contribution >= 0.6 is 15.9 Å². The Bertz CT molecular complexity index is 599. The van der Waals surface area contributed by atoms with E-state index in [-0.39, 0.29) is 5.69 Å². The van der Waals surface area contributed by atoms with Gasteiger partial charge in [0.1, 0.15) is 12.0 Å². The molecule has 21 heavy (non-hydrogen) atoms. The zero-order valence-corrected chi connectivity index (χ0v) is 14.1. The molecule has 0 aromatic carbocycles. The van der Waals surface area contributed by atoms with E-state index in [0.717, 1.165) is 6.20 Å². The second kappa shape index (κ2) is 5.59. The molecule has 0 spiro atoms. The number of carbonyl (C=O) groups is 1. The first kappa shape index (κ1) is 17.4. The smallest absolute Gasteiger partial charge is 0.311 e. The maximum absolute atomic E-state index is 11.4. The zero-order valence-electron chi connectivity index (χ0n) is 12.5. The Morgan fingerprint density at radius 3 is 2.38 bits per heavy atom. The number of nitrogens with one attached hydrogen (secondary N) is 1. The normalized spacial score (nSPS) is 12.1. The van der Waals surface area contributed by atoms with E-state index in [1.165, 1.54) is 0 Å². The van der Waals surface area contributed by atoms with Gasteiger partial charge in [0.2, 0.25) is 0 Å². The van der Waals surface area contributed by atoms with E-state index < -0.39 is 21.8 Å². The van der Waals surface area contributed by atoms with Crippen LogP contribution in [0.15, 0.2) is 10.7 Å². The number of carboxylic acids is 1. The number of carboxylic acid groups (broad SMARTS) is 1. The first-order chi connectivity index (χ1) is 9.41. The lowest BCUT2D eigenvalue weighted by Crippen LogP contribution is -2.50. The number of hydrogen-bond acceptors (Lipinski definition) is 5. The number of aliphatic carboxylic acids is 1. The van der Waals surface area contributed by atoms with Crippen LogP contribution in [0.4, 0.5) is 11.5 Å². The minimum absolute atomic E-state index is 0.0947. The number of rotatable bonds is 5. The Balaban J connectivity index is 3.23. The van der Waals surface area contributed by atoms with Crippen molar-refractivity contribution in [2.45, 2.75) is 40.2 Å². The second-order valence-corrected chi connectivity index (χ2v) is 6.66. The molecule has 0 bridgehead atoms. The maximum atomic E-state index is 11.4. The Morgan fingerprint density at radius 2 is 1.95 bits per heavy atom. The van der Waals surface area contributed by atoms with Gasteiger partial charge in [-0.1, -0.05) is 0 Å². The Morgan fingerprint density at radius 1 is 1.43 bits per heavy atom. The molecule has 1 heterocycles. The fraction of sp³-hybridized carbons (Fsp3) is 0.538. The summed E-state index contributed by atoms with van der Waals surface area (Å²) in [7, 11) is 0. The lowest BCUT2D eigenvalue weighted by Gasteiger charge is -2.39. The van der Waals surface area contributed by atoms with Gasteiger partial charge < -0.3 is 10.4 Å². The number of nitrogens with zero attached hydrogens (tertiary/aromatic N) is 2. The SMILES string of the molecule is Cc1c([N+](=O)[O-])cnc(NC(C)(C)C(C)(C)C(=O)O)c1Br. The summed E-state index contributed by atoms with van der Waals surface area (Å²) >= 11 is 3.28. The van der Waals surface area contributed by atoms with Crippen molar-refractivity contribution >= 4 is 33.4 Å². The van der Waals surface area contributed by atoms with Gasteiger partial charge in [0.05, 0.1) is 14.8 Å². The highest BCUT2D eigenvalue weighted by atomic mass is 79.9. The number of halogens is 1. The number of anilines is 1. The Hall–Kier alpha value is -1.70. The van der Waals surface area contributed by atoms with Crippen molar-refractivity contribution in [2.75, 3.05) is 5.32 Å². The minimum Gasteiger partial charge on any atom is -0.481 e. The molecule has 2 N–H and O–H groups in total. The molecule has 0 amide bonds. The summed E-state index contributed by atoms with van der Waals surface area (Å²) in [4.78, 5) is 25.8. The van der Waals surface area contributed by atoms with Gasteiger partial charge in [0.15, 0.2) is 0 Å². The molecule has 1 aromatic rings. The van der Waals surface area contributed by atoms with Crippen molar-refractivity contribution in [3.05, 3.63) is 26.3 Å². The van der Waals surface area contributed by atoms with E-state index in [2.05, 4.69) is 26.2 Å². The van der Waals surface area contributed by atoms with E-state index in [1.54, 1.807) is 34.6 Å². The summed E-state index contributed by atoms with van der Waals surface area (Å²) in [5, 5.41) is 23.3. The van der Waals surface area contributed by atoms with E-state index in [9.17, 15) is 20.0 Å². The number of aromatic nitrogens is 1. The molecule has 116 valence electrons. The average molecular weight is 360 g/mol. The van der Waals surface area contributed by atoms with Crippen LogP contribution in [0.25, 0.3) is 0 Å². The molecule has 0 aliphatic carbocycles. The van der Waals surface area contributed by atoms with Crippen molar-refractivity contribution < 1.29 is 14.8 Å². The highest BCUT2D eigenvalue weighted by Crippen LogP contribution is 2.37. The largest absolute Gasteiger partial charge is 0.481 e. The Labute approximate surface area is 131 Å². The van der Waals surface area contributed by atoms with Crippen LogP contribution in [0.3, 0.4) is 0 Å². The highest BCUT2D eigenvalue weighted by molar-refractivity contribution is 9.10. The highest BCUT2D eigenvalue weighted by Gasteiger charge is 2.44. The summed E-state index contributed by atoms with van der Waals surface area (Å²) in [5.41, 5.74) is -1.55. The van der Waals surface area contributed by atoms with E-state index in [1.807, 2.05) is 0 Å².